The van der Waals surface area contributed by atoms with E-state index in [0.717, 1.165) is 6.92 Å². The van der Waals surface area contributed by atoms with Gasteiger partial charge in [0.15, 0.2) is 5.78 Å². The lowest BCUT2D eigenvalue weighted by Gasteiger charge is -2.28. The van der Waals surface area contributed by atoms with Gasteiger partial charge < -0.3 is 30.7 Å². The van der Waals surface area contributed by atoms with E-state index in [4.69, 9.17) is 16.7 Å². The first-order chi connectivity index (χ1) is 12.2. The van der Waals surface area contributed by atoms with Crippen molar-refractivity contribution in [3.8, 4) is 0 Å². The number of nitrogens with one attached hydrogen (secondary N) is 2. The van der Waals surface area contributed by atoms with Crippen LogP contribution in [0.25, 0.3) is 10.9 Å². The topological polar surface area (TPSA) is 143 Å². The Morgan fingerprint density at radius 2 is 1.92 bits per heavy atom. The number of H-pyrrole nitrogens is 1. The largest absolute Gasteiger partial charge is 0.394 e. The number of carbonyl (C=O) groups excluding carboxylic acids is 2. The third-order valence-corrected chi connectivity index (χ3v) is 5.10. The van der Waals surface area contributed by atoms with Crippen LogP contribution in [0.15, 0.2) is 22.8 Å². The van der Waals surface area contributed by atoms with E-state index >= 15 is 0 Å². The summed E-state index contributed by atoms with van der Waals surface area (Å²) in [6, 6.07) is 1.68. The average Bonchev–Trinajstić information content (AvgIpc) is 2.99. The SMILES string of the molecule is CC(=O)N[C@@H](C(=O)c1c[nH]c2cc(Cl)c(Br)cc12)[C@@H](O)[C@H](O)[C@H](O)CO. The number of hydrogen-bond acceptors (Lipinski definition) is 6. The van der Waals surface area contributed by atoms with Crippen LogP contribution in [0.2, 0.25) is 5.02 Å². The molecule has 1 heterocycles. The van der Waals surface area contributed by atoms with Crippen molar-refractivity contribution in [2.24, 2.45) is 0 Å². The quantitative estimate of drug-likeness (QED) is 0.337. The maximum atomic E-state index is 12.9. The van der Waals surface area contributed by atoms with Crippen molar-refractivity contribution in [2.75, 3.05) is 6.61 Å². The molecule has 2 rings (SSSR count). The second-order valence-corrected chi connectivity index (χ2v) is 7.05. The van der Waals surface area contributed by atoms with Crippen molar-refractivity contribution >= 4 is 50.1 Å². The summed E-state index contributed by atoms with van der Waals surface area (Å²) in [4.78, 5) is 27.2. The fraction of sp³-hybridized carbons (Fsp3) is 0.375. The summed E-state index contributed by atoms with van der Waals surface area (Å²) in [6.45, 7) is 0.325. The van der Waals surface area contributed by atoms with Gasteiger partial charge in [-0.15, -0.1) is 0 Å². The van der Waals surface area contributed by atoms with Gasteiger partial charge in [-0.25, -0.2) is 0 Å². The molecule has 0 aliphatic rings. The Hall–Kier alpha value is -1.49. The monoisotopic (exact) mass is 448 g/mol. The number of rotatable bonds is 7. The highest BCUT2D eigenvalue weighted by atomic mass is 79.9. The van der Waals surface area contributed by atoms with Gasteiger partial charge >= 0.3 is 0 Å². The van der Waals surface area contributed by atoms with E-state index in [2.05, 4.69) is 26.2 Å². The second kappa shape index (κ2) is 8.47. The smallest absolute Gasteiger partial charge is 0.217 e. The standard InChI is InChI=1S/C16H18BrClN2O6/c1-6(22)20-13(16(26)15(25)12(23)5-21)14(24)8-4-19-11-3-10(18)9(17)2-7(8)11/h2-4,12-13,15-16,19,21,23,25-26H,5H2,1H3,(H,20,22)/t12-,13+,15-,16-/m1/s1. The Labute approximate surface area is 161 Å². The van der Waals surface area contributed by atoms with Crippen molar-refractivity contribution in [1.29, 1.82) is 0 Å². The molecule has 1 amide bonds. The molecule has 0 fully saturated rings. The zero-order valence-electron chi connectivity index (χ0n) is 13.6. The molecule has 0 bridgehead atoms. The molecule has 0 aliphatic carbocycles. The minimum atomic E-state index is -1.84. The number of ketones is 1. The first kappa shape index (κ1) is 20.8. The van der Waals surface area contributed by atoms with E-state index in [9.17, 15) is 24.9 Å². The van der Waals surface area contributed by atoms with Crippen LogP contribution in [-0.2, 0) is 4.79 Å². The van der Waals surface area contributed by atoms with Gasteiger partial charge in [0.1, 0.15) is 24.4 Å². The Morgan fingerprint density at radius 3 is 2.50 bits per heavy atom. The number of carbonyl (C=O) groups is 2. The third kappa shape index (κ3) is 4.25. The summed E-state index contributed by atoms with van der Waals surface area (Å²) < 4.78 is 0.549. The number of amides is 1. The molecule has 8 nitrogen and oxygen atoms in total. The van der Waals surface area contributed by atoms with Crippen LogP contribution in [0.4, 0.5) is 0 Å². The van der Waals surface area contributed by atoms with Gasteiger partial charge in [0.25, 0.3) is 0 Å². The van der Waals surface area contributed by atoms with Gasteiger partial charge in [0.05, 0.1) is 11.6 Å². The number of Topliss-reactive ketones (excluding diaryl/α,β-unsaturated/α-hetero) is 1. The van der Waals surface area contributed by atoms with Crippen molar-refractivity contribution in [1.82, 2.24) is 10.3 Å². The molecular formula is C16H18BrClN2O6. The number of hydrogen-bond donors (Lipinski definition) is 6. The van der Waals surface area contributed by atoms with Crippen molar-refractivity contribution < 1.29 is 30.0 Å². The average molecular weight is 450 g/mol. The number of halogens is 2. The Bertz CT molecular complexity index is 826. The summed E-state index contributed by atoms with van der Waals surface area (Å²) in [5.41, 5.74) is 0.717. The number of aromatic amines is 1. The minimum absolute atomic E-state index is 0.154. The summed E-state index contributed by atoms with van der Waals surface area (Å²) in [6.07, 6.45) is -3.96. The lowest BCUT2D eigenvalue weighted by molar-refractivity contribution is -0.122. The maximum absolute atomic E-state index is 12.9. The van der Waals surface area contributed by atoms with Crippen molar-refractivity contribution in [3.63, 3.8) is 0 Å². The zero-order chi connectivity index (χ0) is 19.6. The van der Waals surface area contributed by atoms with Gasteiger partial charge in [-0.2, -0.15) is 0 Å². The highest BCUT2D eigenvalue weighted by Crippen LogP contribution is 2.30. The molecule has 26 heavy (non-hydrogen) atoms. The minimum Gasteiger partial charge on any atom is -0.394 e. The Balaban J connectivity index is 2.44. The molecule has 0 saturated carbocycles. The molecule has 10 heteroatoms. The molecule has 0 saturated heterocycles. The van der Waals surface area contributed by atoms with Gasteiger partial charge in [0, 0.05) is 34.1 Å². The lowest BCUT2D eigenvalue weighted by Crippen LogP contribution is -2.55. The molecule has 0 spiro atoms. The van der Waals surface area contributed by atoms with Crippen molar-refractivity contribution in [3.05, 3.63) is 33.4 Å². The maximum Gasteiger partial charge on any atom is 0.217 e. The lowest BCUT2D eigenvalue weighted by atomic mass is 9.94. The van der Waals surface area contributed by atoms with Gasteiger partial charge in [0.2, 0.25) is 5.91 Å². The van der Waals surface area contributed by atoms with E-state index in [1.165, 1.54) is 6.20 Å². The highest BCUT2D eigenvalue weighted by molar-refractivity contribution is 9.10. The van der Waals surface area contributed by atoms with Gasteiger partial charge in [-0.1, -0.05) is 11.6 Å². The van der Waals surface area contributed by atoms with Gasteiger partial charge in [-0.3, -0.25) is 9.59 Å². The van der Waals surface area contributed by atoms with Gasteiger partial charge in [-0.05, 0) is 28.1 Å². The summed E-state index contributed by atoms with van der Waals surface area (Å²) in [5, 5.41) is 41.8. The van der Waals surface area contributed by atoms with Crippen molar-refractivity contribution in [2.45, 2.75) is 31.3 Å². The molecule has 0 radical (unpaired) electrons. The fourth-order valence-electron chi connectivity index (χ4n) is 2.55. The molecule has 4 atom stereocenters. The van der Waals surface area contributed by atoms with Crippen LogP contribution in [0.5, 0.6) is 0 Å². The Morgan fingerprint density at radius 1 is 1.27 bits per heavy atom. The number of aromatic nitrogens is 1. The number of aliphatic hydroxyl groups excluding tert-OH is 4. The summed E-state index contributed by atoms with van der Waals surface area (Å²) in [7, 11) is 0. The molecule has 0 aliphatic heterocycles. The molecule has 1 aromatic heterocycles. The van der Waals surface area contributed by atoms with E-state index in [-0.39, 0.29) is 5.56 Å². The van der Waals surface area contributed by atoms with E-state index < -0.39 is 42.7 Å². The molecule has 142 valence electrons. The zero-order valence-corrected chi connectivity index (χ0v) is 16.0. The summed E-state index contributed by atoms with van der Waals surface area (Å²) >= 11 is 9.28. The molecule has 2 aromatic rings. The number of fused-ring (bicyclic) bond motifs is 1. The third-order valence-electron chi connectivity index (χ3n) is 3.90. The van der Waals surface area contributed by atoms with Crippen LogP contribution in [0, 0.1) is 0 Å². The highest BCUT2D eigenvalue weighted by Gasteiger charge is 2.37. The first-order valence-electron chi connectivity index (χ1n) is 7.59. The van der Waals surface area contributed by atoms with Crippen LogP contribution in [0.1, 0.15) is 17.3 Å². The Kier molecular flexibility index (Phi) is 6.78. The molecule has 1 aromatic carbocycles. The predicted molar refractivity (Wildman–Crippen MR) is 98.1 cm³/mol. The van der Waals surface area contributed by atoms with Crippen LogP contribution >= 0.6 is 27.5 Å². The molecule has 0 unspecified atom stereocenters. The number of aliphatic hydroxyl groups is 4. The summed E-state index contributed by atoms with van der Waals surface area (Å²) in [5.74, 6) is -1.30. The number of benzene rings is 1. The fourth-order valence-corrected chi connectivity index (χ4v) is 3.05. The van der Waals surface area contributed by atoms with E-state index in [1.807, 2.05) is 0 Å². The van der Waals surface area contributed by atoms with Crippen LogP contribution in [0.3, 0.4) is 0 Å². The molecular weight excluding hydrogens is 432 g/mol. The van der Waals surface area contributed by atoms with E-state index in [0.29, 0.717) is 20.4 Å². The molecule has 6 N–H and O–H groups in total. The first-order valence-corrected chi connectivity index (χ1v) is 8.77. The van der Waals surface area contributed by atoms with E-state index in [1.54, 1.807) is 12.1 Å². The van der Waals surface area contributed by atoms with Crippen LogP contribution < -0.4 is 5.32 Å². The second-order valence-electron chi connectivity index (χ2n) is 5.79. The van der Waals surface area contributed by atoms with Crippen LogP contribution in [-0.4, -0.2) is 68.1 Å². The normalized spacial score (nSPS) is 16.1. The predicted octanol–water partition coefficient (Wildman–Crippen LogP) is 0.346.